The molecule has 1 unspecified atom stereocenters. The Labute approximate surface area is 95.8 Å². The fourth-order valence-corrected chi connectivity index (χ4v) is 1.99. The number of rotatable bonds is 3. The van der Waals surface area contributed by atoms with Gasteiger partial charge in [0.25, 0.3) is 0 Å². The lowest BCUT2D eigenvalue weighted by atomic mass is 10.3. The van der Waals surface area contributed by atoms with Crippen LogP contribution in [0, 0.1) is 6.92 Å². The number of nitrogens with one attached hydrogen (secondary N) is 1. The Kier molecular flexibility index (Phi) is 3.24. The van der Waals surface area contributed by atoms with E-state index in [1.807, 2.05) is 20.2 Å². The summed E-state index contributed by atoms with van der Waals surface area (Å²) in [6, 6.07) is 0. The Morgan fingerprint density at radius 2 is 2.38 bits per heavy atom. The van der Waals surface area contributed by atoms with E-state index in [1.165, 1.54) is 0 Å². The monoisotopic (exact) mass is 222 g/mol. The molecule has 5 nitrogen and oxygen atoms in total. The molecule has 0 bridgehead atoms. The Hall–Kier alpha value is -1.36. The minimum atomic E-state index is 0.326. The van der Waals surface area contributed by atoms with E-state index in [0.717, 1.165) is 30.9 Å². The van der Waals surface area contributed by atoms with Crippen molar-refractivity contribution in [2.45, 2.75) is 19.4 Å². The van der Waals surface area contributed by atoms with E-state index in [2.05, 4.69) is 20.2 Å². The van der Waals surface area contributed by atoms with Gasteiger partial charge in [-0.2, -0.15) is 4.98 Å². The number of ether oxygens (including phenoxy) is 1. The molecule has 1 N–H and O–H groups in total. The predicted octanol–water partition coefficient (Wildman–Crippen LogP) is 1.05. The SMILES string of the molecule is CNc1ncc(C)c(N2CCC(OC)C2)n1. The quantitative estimate of drug-likeness (QED) is 0.828. The Balaban J connectivity index is 2.20. The lowest BCUT2D eigenvalue weighted by Gasteiger charge is -2.19. The zero-order valence-electron chi connectivity index (χ0n) is 10.0. The van der Waals surface area contributed by atoms with Crippen LogP contribution in [-0.2, 0) is 4.74 Å². The number of nitrogens with zero attached hydrogens (tertiary/aromatic N) is 3. The Morgan fingerprint density at radius 3 is 3.00 bits per heavy atom. The third-order valence-corrected chi connectivity index (χ3v) is 2.95. The van der Waals surface area contributed by atoms with E-state index in [0.29, 0.717) is 12.1 Å². The zero-order chi connectivity index (χ0) is 11.5. The standard InChI is InChI=1S/C11H18N4O/c1-8-6-13-11(12-2)14-10(8)15-5-4-9(7-15)16-3/h6,9H,4-5,7H2,1-3H3,(H,12,13,14). The summed E-state index contributed by atoms with van der Waals surface area (Å²) in [5, 5.41) is 2.96. The van der Waals surface area contributed by atoms with Gasteiger partial charge in [0.05, 0.1) is 6.10 Å². The maximum Gasteiger partial charge on any atom is 0.224 e. The topological polar surface area (TPSA) is 50.3 Å². The minimum absolute atomic E-state index is 0.326. The number of hydrogen-bond acceptors (Lipinski definition) is 5. The predicted molar refractivity (Wildman–Crippen MR) is 63.9 cm³/mol. The first-order valence-corrected chi connectivity index (χ1v) is 5.53. The number of methoxy groups -OCH3 is 1. The average Bonchev–Trinajstić information content (AvgIpc) is 2.78. The minimum Gasteiger partial charge on any atom is -0.380 e. The molecule has 0 amide bonds. The number of aryl methyl sites for hydroxylation is 1. The van der Waals surface area contributed by atoms with Crippen molar-refractivity contribution in [2.75, 3.05) is 37.5 Å². The number of aromatic nitrogens is 2. The van der Waals surface area contributed by atoms with Gasteiger partial charge in [0.15, 0.2) is 0 Å². The molecule has 1 aromatic heterocycles. The highest BCUT2D eigenvalue weighted by Crippen LogP contribution is 2.23. The van der Waals surface area contributed by atoms with Gasteiger partial charge in [0, 0.05) is 39.0 Å². The average molecular weight is 222 g/mol. The molecular weight excluding hydrogens is 204 g/mol. The Morgan fingerprint density at radius 1 is 1.56 bits per heavy atom. The van der Waals surface area contributed by atoms with Crippen molar-refractivity contribution in [1.29, 1.82) is 0 Å². The van der Waals surface area contributed by atoms with Crippen molar-refractivity contribution in [3.8, 4) is 0 Å². The lowest BCUT2D eigenvalue weighted by Crippen LogP contribution is -2.24. The highest BCUT2D eigenvalue weighted by molar-refractivity contribution is 5.49. The molecule has 88 valence electrons. The summed E-state index contributed by atoms with van der Waals surface area (Å²) in [5.74, 6) is 1.68. The highest BCUT2D eigenvalue weighted by Gasteiger charge is 2.24. The van der Waals surface area contributed by atoms with Gasteiger partial charge in [-0.05, 0) is 13.3 Å². The third-order valence-electron chi connectivity index (χ3n) is 2.95. The summed E-state index contributed by atoms with van der Waals surface area (Å²) in [7, 11) is 3.59. The van der Waals surface area contributed by atoms with Gasteiger partial charge >= 0.3 is 0 Å². The van der Waals surface area contributed by atoms with Crippen LogP contribution in [0.25, 0.3) is 0 Å². The second-order valence-corrected chi connectivity index (χ2v) is 4.04. The van der Waals surface area contributed by atoms with Crippen molar-refractivity contribution in [1.82, 2.24) is 9.97 Å². The van der Waals surface area contributed by atoms with E-state index in [4.69, 9.17) is 4.74 Å². The summed E-state index contributed by atoms with van der Waals surface area (Å²) >= 11 is 0. The highest BCUT2D eigenvalue weighted by atomic mass is 16.5. The van der Waals surface area contributed by atoms with Crippen molar-refractivity contribution in [3.05, 3.63) is 11.8 Å². The van der Waals surface area contributed by atoms with Crippen LogP contribution < -0.4 is 10.2 Å². The van der Waals surface area contributed by atoms with Crippen molar-refractivity contribution >= 4 is 11.8 Å². The van der Waals surface area contributed by atoms with E-state index < -0.39 is 0 Å². The molecule has 0 aromatic carbocycles. The molecule has 0 radical (unpaired) electrons. The fraction of sp³-hybridized carbons (Fsp3) is 0.636. The molecule has 5 heteroatoms. The van der Waals surface area contributed by atoms with Crippen LogP contribution in [0.15, 0.2) is 6.20 Å². The summed E-state index contributed by atoms with van der Waals surface area (Å²) in [4.78, 5) is 10.9. The van der Waals surface area contributed by atoms with Crippen LogP contribution in [0.4, 0.5) is 11.8 Å². The molecule has 1 fully saturated rings. The number of hydrogen-bond donors (Lipinski definition) is 1. The first-order chi connectivity index (χ1) is 7.74. The molecule has 1 saturated heterocycles. The van der Waals surface area contributed by atoms with Crippen molar-refractivity contribution < 1.29 is 4.74 Å². The number of anilines is 2. The molecule has 1 aromatic rings. The maximum atomic E-state index is 5.36. The smallest absolute Gasteiger partial charge is 0.224 e. The van der Waals surface area contributed by atoms with E-state index >= 15 is 0 Å². The first-order valence-electron chi connectivity index (χ1n) is 5.53. The maximum absolute atomic E-state index is 5.36. The second-order valence-electron chi connectivity index (χ2n) is 4.04. The first kappa shape index (κ1) is 11.1. The molecular formula is C11H18N4O. The largest absolute Gasteiger partial charge is 0.380 e. The van der Waals surface area contributed by atoms with Crippen LogP contribution >= 0.6 is 0 Å². The molecule has 2 heterocycles. The van der Waals surface area contributed by atoms with Gasteiger partial charge in [0.2, 0.25) is 5.95 Å². The van der Waals surface area contributed by atoms with Gasteiger partial charge < -0.3 is 15.0 Å². The molecule has 2 rings (SSSR count). The third kappa shape index (κ3) is 2.09. The Bertz CT molecular complexity index is 369. The van der Waals surface area contributed by atoms with Crippen LogP contribution in [0.2, 0.25) is 0 Å². The molecule has 16 heavy (non-hydrogen) atoms. The van der Waals surface area contributed by atoms with Crippen LogP contribution in [0.3, 0.4) is 0 Å². The molecule has 0 saturated carbocycles. The van der Waals surface area contributed by atoms with E-state index in [-0.39, 0.29) is 0 Å². The summed E-state index contributed by atoms with van der Waals surface area (Å²) in [5.41, 5.74) is 1.11. The molecule has 1 aliphatic rings. The van der Waals surface area contributed by atoms with Crippen molar-refractivity contribution in [2.24, 2.45) is 0 Å². The summed E-state index contributed by atoms with van der Waals surface area (Å²) in [6.07, 6.45) is 3.25. The van der Waals surface area contributed by atoms with Gasteiger partial charge in [-0.25, -0.2) is 4.98 Å². The normalized spacial score (nSPS) is 20.2. The van der Waals surface area contributed by atoms with Gasteiger partial charge in [-0.3, -0.25) is 0 Å². The lowest BCUT2D eigenvalue weighted by molar-refractivity contribution is 0.121. The van der Waals surface area contributed by atoms with Crippen molar-refractivity contribution in [3.63, 3.8) is 0 Å². The van der Waals surface area contributed by atoms with E-state index in [9.17, 15) is 0 Å². The van der Waals surface area contributed by atoms with E-state index in [1.54, 1.807) is 7.11 Å². The molecule has 0 spiro atoms. The summed E-state index contributed by atoms with van der Waals surface area (Å²) < 4.78 is 5.36. The second kappa shape index (κ2) is 4.65. The van der Waals surface area contributed by atoms with Crippen LogP contribution in [-0.4, -0.2) is 43.3 Å². The molecule has 1 atom stereocenters. The van der Waals surface area contributed by atoms with Crippen LogP contribution in [0.1, 0.15) is 12.0 Å². The van der Waals surface area contributed by atoms with Gasteiger partial charge in [0.1, 0.15) is 5.82 Å². The van der Waals surface area contributed by atoms with Crippen LogP contribution in [0.5, 0.6) is 0 Å². The van der Waals surface area contributed by atoms with Gasteiger partial charge in [-0.15, -0.1) is 0 Å². The molecule has 1 aliphatic heterocycles. The summed E-state index contributed by atoms with van der Waals surface area (Å²) in [6.45, 7) is 3.95. The van der Waals surface area contributed by atoms with Gasteiger partial charge in [-0.1, -0.05) is 0 Å². The molecule has 0 aliphatic carbocycles. The zero-order valence-corrected chi connectivity index (χ0v) is 10.0. The fourth-order valence-electron chi connectivity index (χ4n) is 1.99.